The van der Waals surface area contributed by atoms with E-state index in [9.17, 15) is 9.59 Å². The fourth-order valence-electron chi connectivity index (χ4n) is 1.80. The SMILES string of the molecule is Cc1c(Cl)[nH]c(=O)n(CC2CCOC2)c1=O. The number of nitrogens with zero attached hydrogens (tertiary/aromatic N) is 1. The lowest BCUT2D eigenvalue weighted by molar-refractivity contribution is 0.182. The predicted octanol–water partition coefficient (Wildman–Crippen LogP) is 0.535. The molecule has 1 unspecified atom stereocenters. The second kappa shape index (κ2) is 4.43. The van der Waals surface area contributed by atoms with E-state index >= 15 is 0 Å². The van der Waals surface area contributed by atoms with Crippen LogP contribution in [0.5, 0.6) is 0 Å². The van der Waals surface area contributed by atoms with E-state index in [-0.39, 0.29) is 16.6 Å². The summed E-state index contributed by atoms with van der Waals surface area (Å²) in [5.74, 6) is 0.236. The van der Waals surface area contributed by atoms with Gasteiger partial charge in [-0.2, -0.15) is 0 Å². The third-order valence-corrected chi connectivity index (χ3v) is 3.20. The largest absolute Gasteiger partial charge is 0.381 e. The molecule has 0 saturated carbocycles. The molecule has 5 nitrogen and oxygen atoms in total. The highest BCUT2D eigenvalue weighted by molar-refractivity contribution is 6.30. The minimum atomic E-state index is -0.451. The van der Waals surface area contributed by atoms with Gasteiger partial charge >= 0.3 is 5.69 Å². The van der Waals surface area contributed by atoms with E-state index in [0.717, 1.165) is 6.42 Å². The fourth-order valence-corrected chi connectivity index (χ4v) is 1.96. The first kappa shape index (κ1) is 11.4. The molecular weight excluding hydrogens is 232 g/mol. The molecule has 2 heterocycles. The van der Waals surface area contributed by atoms with Crippen molar-refractivity contribution >= 4 is 11.6 Å². The number of rotatable bonds is 2. The van der Waals surface area contributed by atoms with Crippen LogP contribution in [0.15, 0.2) is 9.59 Å². The van der Waals surface area contributed by atoms with Crippen molar-refractivity contribution in [3.63, 3.8) is 0 Å². The zero-order chi connectivity index (χ0) is 11.7. The number of ether oxygens (including phenoxy) is 1. The van der Waals surface area contributed by atoms with Gasteiger partial charge in [0.05, 0.1) is 6.61 Å². The van der Waals surface area contributed by atoms with E-state index in [0.29, 0.717) is 25.3 Å². The number of aromatic nitrogens is 2. The second-order valence-corrected chi connectivity index (χ2v) is 4.39. The maximum atomic E-state index is 11.8. The number of hydrogen-bond acceptors (Lipinski definition) is 3. The molecule has 0 radical (unpaired) electrons. The molecule has 1 aromatic rings. The first-order valence-electron chi connectivity index (χ1n) is 5.16. The van der Waals surface area contributed by atoms with Gasteiger partial charge in [0.15, 0.2) is 0 Å². The van der Waals surface area contributed by atoms with Gasteiger partial charge in [-0.25, -0.2) is 4.79 Å². The van der Waals surface area contributed by atoms with Crippen molar-refractivity contribution in [3.05, 3.63) is 31.6 Å². The maximum Gasteiger partial charge on any atom is 0.329 e. The molecule has 0 aromatic carbocycles. The standard InChI is InChI=1S/C10H13ClN2O3/c1-6-8(11)12-10(15)13(9(6)14)4-7-2-3-16-5-7/h7H,2-5H2,1H3,(H,12,15). The van der Waals surface area contributed by atoms with Gasteiger partial charge < -0.3 is 4.74 Å². The molecular formula is C10H13ClN2O3. The van der Waals surface area contributed by atoms with E-state index in [2.05, 4.69) is 4.98 Å². The van der Waals surface area contributed by atoms with Crippen molar-refractivity contribution in [2.75, 3.05) is 13.2 Å². The smallest absolute Gasteiger partial charge is 0.329 e. The van der Waals surface area contributed by atoms with Gasteiger partial charge in [-0.3, -0.25) is 14.3 Å². The molecule has 1 aliphatic heterocycles. The first-order valence-corrected chi connectivity index (χ1v) is 5.54. The van der Waals surface area contributed by atoms with Crippen LogP contribution in [0.2, 0.25) is 5.15 Å². The molecule has 0 bridgehead atoms. The maximum absolute atomic E-state index is 11.8. The van der Waals surface area contributed by atoms with Gasteiger partial charge in [-0.05, 0) is 13.3 Å². The summed E-state index contributed by atoms with van der Waals surface area (Å²) >= 11 is 5.71. The Bertz CT molecular complexity index is 500. The van der Waals surface area contributed by atoms with Gasteiger partial charge in [0.25, 0.3) is 5.56 Å². The summed E-state index contributed by atoms with van der Waals surface area (Å²) < 4.78 is 6.40. The number of nitrogens with one attached hydrogen (secondary N) is 1. The van der Waals surface area contributed by atoms with Gasteiger partial charge in [0.2, 0.25) is 0 Å². The Morgan fingerprint density at radius 2 is 2.31 bits per heavy atom. The summed E-state index contributed by atoms with van der Waals surface area (Å²) in [4.78, 5) is 25.9. The lowest BCUT2D eigenvalue weighted by Crippen LogP contribution is -2.38. The van der Waals surface area contributed by atoms with Crippen LogP contribution in [-0.2, 0) is 11.3 Å². The topological polar surface area (TPSA) is 64.1 Å². The Labute approximate surface area is 97.0 Å². The van der Waals surface area contributed by atoms with Crippen molar-refractivity contribution in [2.24, 2.45) is 5.92 Å². The van der Waals surface area contributed by atoms with Crippen LogP contribution in [0.4, 0.5) is 0 Å². The highest BCUT2D eigenvalue weighted by atomic mass is 35.5. The van der Waals surface area contributed by atoms with Crippen molar-refractivity contribution in [1.29, 1.82) is 0 Å². The van der Waals surface area contributed by atoms with Gasteiger partial charge in [-0.1, -0.05) is 11.6 Å². The fraction of sp³-hybridized carbons (Fsp3) is 0.600. The van der Waals surface area contributed by atoms with Crippen LogP contribution >= 0.6 is 11.6 Å². The van der Waals surface area contributed by atoms with Crippen molar-refractivity contribution < 1.29 is 4.74 Å². The summed E-state index contributed by atoms with van der Waals surface area (Å²) in [6.45, 7) is 3.30. The Kier molecular flexibility index (Phi) is 3.16. The number of H-pyrrole nitrogens is 1. The number of halogens is 1. The third-order valence-electron chi connectivity index (χ3n) is 2.82. The van der Waals surface area contributed by atoms with Crippen LogP contribution in [0, 0.1) is 12.8 Å². The molecule has 1 N–H and O–H groups in total. The molecule has 0 aliphatic carbocycles. The van der Waals surface area contributed by atoms with Crippen molar-refractivity contribution in [1.82, 2.24) is 9.55 Å². The van der Waals surface area contributed by atoms with Crippen molar-refractivity contribution in [2.45, 2.75) is 19.9 Å². The Hall–Kier alpha value is -1.07. The highest BCUT2D eigenvalue weighted by Gasteiger charge is 2.19. The van der Waals surface area contributed by atoms with Crippen LogP contribution in [0.25, 0.3) is 0 Å². The molecule has 2 rings (SSSR count). The summed E-state index contributed by atoms with van der Waals surface area (Å²) in [5.41, 5.74) is -0.395. The average molecular weight is 245 g/mol. The normalized spacial score (nSPS) is 20.2. The molecule has 1 fully saturated rings. The monoisotopic (exact) mass is 244 g/mol. The van der Waals surface area contributed by atoms with Crippen molar-refractivity contribution in [3.8, 4) is 0 Å². The Morgan fingerprint density at radius 1 is 1.56 bits per heavy atom. The Morgan fingerprint density at radius 3 is 2.94 bits per heavy atom. The quantitative estimate of drug-likeness (QED) is 0.772. The van der Waals surface area contributed by atoms with Gasteiger partial charge in [-0.15, -0.1) is 0 Å². The average Bonchev–Trinajstić information content (AvgIpc) is 2.74. The summed E-state index contributed by atoms with van der Waals surface area (Å²) in [6.07, 6.45) is 0.882. The molecule has 1 aliphatic rings. The molecule has 88 valence electrons. The minimum Gasteiger partial charge on any atom is -0.381 e. The van der Waals surface area contributed by atoms with Crippen LogP contribution in [-0.4, -0.2) is 22.8 Å². The van der Waals surface area contributed by atoms with E-state index < -0.39 is 5.69 Å². The molecule has 16 heavy (non-hydrogen) atoms. The van der Waals surface area contributed by atoms with Crippen LogP contribution in [0.3, 0.4) is 0 Å². The lowest BCUT2D eigenvalue weighted by atomic mass is 10.1. The predicted molar refractivity (Wildman–Crippen MR) is 60.0 cm³/mol. The highest BCUT2D eigenvalue weighted by Crippen LogP contribution is 2.13. The summed E-state index contributed by atoms with van der Waals surface area (Å²) in [7, 11) is 0. The number of aromatic amines is 1. The molecule has 1 atom stereocenters. The summed E-state index contributed by atoms with van der Waals surface area (Å²) in [6, 6.07) is 0. The molecule has 6 heteroatoms. The minimum absolute atomic E-state index is 0.119. The molecule has 1 saturated heterocycles. The van der Waals surface area contributed by atoms with E-state index in [1.54, 1.807) is 6.92 Å². The molecule has 0 spiro atoms. The van der Waals surface area contributed by atoms with Gasteiger partial charge in [0.1, 0.15) is 5.15 Å². The first-order chi connectivity index (χ1) is 7.59. The van der Waals surface area contributed by atoms with Crippen LogP contribution in [0.1, 0.15) is 12.0 Å². The zero-order valence-electron chi connectivity index (χ0n) is 8.96. The van der Waals surface area contributed by atoms with E-state index in [1.807, 2.05) is 0 Å². The van der Waals surface area contributed by atoms with Gasteiger partial charge in [0, 0.05) is 24.6 Å². The molecule has 1 aromatic heterocycles. The zero-order valence-corrected chi connectivity index (χ0v) is 9.71. The van der Waals surface area contributed by atoms with E-state index in [4.69, 9.17) is 16.3 Å². The van der Waals surface area contributed by atoms with Crippen LogP contribution < -0.4 is 11.2 Å². The Balaban J connectivity index is 2.37. The molecule has 0 amide bonds. The van der Waals surface area contributed by atoms with E-state index in [1.165, 1.54) is 4.57 Å². The lowest BCUT2D eigenvalue weighted by Gasteiger charge is -2.10. The number of hydrogen-bond donors (Lipinski definition) is 1. The summed E-state index contributed by atoms with van der Waals surface area (Å²) in [5, 5.41) is 0.119. The third kappa shape index (κ3) is 2.05. The second-order valence-electron chi connectivity index (χ2n) is 4.01.